The molecule has 1 aliphatic heterocycles. The number of ether oxygens (including phenoxy) is 2. The minimum atomic E-state index is -1.02. The summed E-state index contributed by atoms with van der Waals surface area (Å²) in [6.45, 7) is 0.0345. The van der Waals surface area contributed by atoms with Crippen molar-refractivity contribution in [2.75, 3.05) is 19.0 Å². The van der Waals surface area contributed by atoms with Crippen molar-refractivity contribution in [3.8, 4) is 28.7 Å². The molecule has 36 heavy (non-hydrogen) atoms. The molecule has 0 unspecified atom stereocenters. The third-order valence-electron chi connectivity index (χ3n) is 5.69. The molecule has 0 aliphatic carbocycles. The number of nitrogens with one attached hydrogen (secondary N) is 2. The fraction of sp³-hybridized carbons (Fsp3) is 0.160. The highest BCUT2D eigenvalue weighted by Gasteiger charge is 2.40. The molecule has 1 amide bonds. The quantitative estimate of drug-likeness (QED) is 0.353. The summed E-state index contributed by atoms with van der Waals surface area (Å²) >= 11 is 5.89. The van der Waals surface area contributed by atoms with Gasteiger partial charge in [0, 0.05) is 40.7 Å². The number of nitrogens with zero attached hydrogens (tertiary/aromatic N) is 2. The molecule has 8 nitrogen and oxygen atoms in total. The van der Waals surface area contributed by atoms with E-state index in [4.69, 9.17) is 25.5 Å². The van der Waals surface area contributed by atoms with E-state index in [1.165, 1.54) is 7.11 Å². The molecule has 5 rings (SSSR count). The third kappa shape index (κ3) is 4.80. The molecule has 4 aromatic rings. The highest BCUT2D eigenvalue weighted by molar-refractivity contribution is 6.30. The van der Waals surface area contributed by atoms with Gasteiger partial charge in [0.05, 0.1) is 7.11 Å². The maximum Gasteiger partial charge on any atom is 0.316 e. The molecular formula is C25H19ClF2N4O4. The number of hydrogen-bond donors (Lipinski definition) is 2. The normalized spacial score (nSPS) is 17.1. The molecule has 1 saturated heterocycles. The second-order valence-electron chi connectivity index (χ2n) is 7.97. The number of anilines is 1. The Balaban J connectivity index is 1.31. The summed E-state index contributed by atoms with van der Waals surface area (Å²) in [6, 6.07) is 14.9. The number of methoxy groups -OCH3 is 1. The van der Waals surface area contributed by atoms with Crippen LogP contribution in [0, 0.1) is 11.6 Å². The molecule has 1 aromatic heterocycles. The van der Waals surface area contributed by atoms with Gasteiger partial charge in [-0.3, -0.25) is 4.79 Å². The number of carbonyl (C=O) groups excluding carboxylic acids is 1. The summed E-state index contributed by atoms with van der Waals surface area (Å²) in [5.74, 6) is -1.46. The Morgan fingerprint density at radius 3 is 2.28 bits per heavy atom. The summed E-state index contributed by atoms with van der Waals surface area (Å²) < 4.78 is 45.6. The Morgan fingerprint density at radius 1 is 1.00 bits per heavy atom. The van der Waals surface area contributed by atoms with Crippen molar-refractivity contribution in [3.63, 3.8) is 0 Å². The van der Waals surface area contributed by atoms with Crippen LogP contribution in [0.1, 0.15) is 11.5 Å². The van der Waals surface area contributed by atoms with Crippen LogP contribution in [-0.2, 0) is 4.79 Å². The van der Waals surface area contributed by atoms with Crippen LogP contribution in [0.2, 0.25) is 5.02 Å². The molecule has 0 spiro atoms. The molecular weight excluding hydrogens is 494 g/mol. The fourth-order valence-corrected chi connectivity index (χ4v) is 4.05. The van der Waals surface area contributed by atoms with E-state index in [1.807, 2.05) is 0 Å². The first-order chi connectivity index (χ1) is 17.4. The lowest BCUT2D eigenvalue weighted by Gasteiger charge is -2.19. The summed E-state index contributed by atoms with van der Waals surface area (Å²) in [4.78, 5) is 12.4. The van der Waals surface area contributed by atoms with Gasteiger partial charge in [-0.15, -0.1) is 5.10 Å². The number of halogens is 3. The Morgan fingerprint density at radius 2 is 1.64 bits per heavy atom. The molecule has 11 heteroatoms. The van der Waals surface area contributed by atoms with Crippen LogP contribution < -0.4 is 20.1 Å². The van der Waals surface area contributed by atoms with Gasteiger partial charge >= 0.3 is 6.01 Å². The number of amides is 1. The standard InChI is InChI=1S/C25H19ClF2N4O4/c1-34-17-10-19(27)21(20(28)11-17)18-12-29-23(33)22(18)30-25-32-31-24(36-25)13-2-6-15(7-3-13)35-16-8-4-14(26)5-9-16/h2-11,18,22H,12H2,1H3,(H,29,33)(H,30,32)/t18-,22-/m0/s1. The van der Waals surface area contributed by atoms with Crippen LogP contribution in [0.3, 0.4) is 0 Å². The van der Waals surface area contributed by atoms with E-state index in [0.29, 0.717) is 22.1 Å². The van der Waals surface area contributed by atoms with Gasteiger partial charge < -0.3 is 24.5 Å². The number of carbonyl (C=O) groups is 1. The summed E-state index contributed by atoms with van der Waals surface area (Å²) in [7, 11) is 1.31. The van der Waals surface area contributed by atoms with E-state index in [2.05, 4.69) is 20.8 Å². The Bertz CT molecular complexity index is 1370. The zero-order valence-electron chi connectivity index (χ0n) is 18.8. The molecule has 2 N–H and O–H groups in total. The van der Waals surface area contributed by atoms with Gasteiger partial charge in [0.1, 0.15) is 34.9 Å². The van der Waals surface area contributed by atoms with Crippen molar-refractivity contribution < 1.29 is 27.5 Å². The SMILES string of the molecule is COc1cc(F)c([C@@H]2CNC(=O)[C@H]2Nc2nnc(-c3ccc(Oc4ccc(Cl)cc4)cc3)o2)c(F)c1. The Hall–Kier alpha value is -4.18. The predicted molar refractivity (Wildman–Crippen MR) is 127 cm³/mol. The molecule has 0 saturated carbocycles. The number of hydrogen-bond acceptors (Lipinski definition) is 7. The lowest BCUT2D eigenvalue weighted by molar-refractivity contribution is -0.119. The van der Waals surface area contributed by atoms with E-state index in [1.54, 1.807) is 48.5 Å². The van der Waals surface area contributed by atoms with Crippen LogP contribution in [0.4, 0.5) is 14.8 Å². The lowest BCUT2D eigenvalue weighted by atomic mass is 9.93. The fourth-order valence-electron chi connectivity index (χ4n) is 3.92. The van der Waals surface area contributed by atoms with Crippen molar-refractivity contribution in [3.05, 3.63) is 82.9 Å². The van der Waals surface area contributed by atoms with E-state index in [0.717, 1.165) is 12.1 Å². The molecule has 184 valence electrons. The van der Waals surface area contributed by atoms with Crippen molar-refractivity contribution in [2.45, 2.75) is 12.0 Å². The average Bonchev–Trinajstić information content (AvgIpc) is 3.48. The van der Waals surface area contributed by atoms with Crippen molar-refractivity contribution in [1.82, 2.24) is 15.5 Å². The average molecular weight is 513 g/mol. The molecule has 0 radical (unpaired) electrons. The first-order valence-corrected chi connectivity index (χ1v) is 11.2. The van der Waals surface area contributed by atoms with Gasteiger partial charge in [0.25, 0.3) is 0 Å². The van der Waals surface area contributed by atoms with Crippen LogP contribution in [-0.4, -0.2) is 35.8 Å². The molecule has 1 aliphatic rings. The summed E-state index contributed by atoms with van der Waals surface area (Å²) in [5.41, 5.74) is 0.376. The lowest BCUT2D eigenvalue weighted by Crippen LogP contribution is -2.33. The predicted octanol–water partition coefficient (Wildman–Crippen LogP) is 5.16. The zero-order valence-corrected chi connectivity index (χ0v) is 19.6. The maximum absolute atomic E-state index is 14.6. The van der Waals surface area contributed by atoms with E-state index in [9.17, 15) is 13.6 Å². The van der Waals surface area contributed by atoms with Crippen molar-refractivity contribution >= 4 is 23.5 Å². The summed E-state index contributed by atoms with van der Waals surface area (Å²) in [5, 5.41) is 14.0. The minimum absolute atomic E-state index is 0.0345. The molecule has 0 bridgehead atoms. The van der Waals surface area contributed by atoms with Crippen LogP contribution in [0.25, 0.3) is 11.5 Å². The maximum atomic E-state index is 14.6. The highest BCUT2D eigenvalue weighted by Crippen LogP contribution is 2.33. The van der Waals surface area contributed by atoms with Gasteiger partial charge in [0.2, 0.25) is 11.8 Å². The topological polar surface area (TPSA) is 98.5 Å². The van der Waals surface area contributed by atoms with Crippen LogP contribution in [0.5, 0.6) is 17.2 Å². The minimum Gasteiger partial charge on any atom is -0.497 e. The number of benzene rings is 3. The van der Waals surface area contributed by atoms with Crippen LogP contribution in [0.15, 0.2) is 65.1 Å². The molecule has 3 aromatic carbocycles. The van der Waals surface area contributed by atoms with Gasteiger partial charge in [-0.2, -0.15) is 0 Å². The smallest absolute Gasteiger partial charge is 0.316 e. The highest BCUT2D eigenvalue weighted by atomic mass is 35.5. The Kier molecular flexibility index (Phi) is 6.43. The molecule has 1 fully saturated rings. The second-order valence-corrected chi connectivity index (χ2v) is 8.41. The third-order valence-corrected chi connectivity index (χ3v) is 5.95. The van der Waals surface area contributed by atoms with Gasteiger partial charge in [-0.25, -0.2) is 8.78 Å². The Labute approximate surface area is 209 Å². The van der Waals surface area contributed by atoms with Gasteiger partial charge in [0.15, 0.2) is 0 Å². The van der Waals surface area contributed by atoms with Gasteiger partial charge in [-0.1, -0.05) is 16.7 Å². The van der Waals surface area contributed by atoms with E-state index >= 15 is 0 Å². The molecule has 2 atom stereocenters. The van der Waals surface area contributed by atoms with Crippen molar-refractivity contribution in [2.24, 2.45) is 0 Å². The van der Waals surface area contributed by atoms with Gasteiger partial charge in [-0.05, 0) is 48.5 Å². The monoisotopic (exact) mass is 512 g/mol. The van der Waals surface area contributed by atoms with Crippen LogP contribution >= 0.6 is 11.6 Å². The van der Waals surface area contributed by atoms with E-state index in [-0.39, 0.29) is 29.8 Å². The summed E-state index contributed by atoms with van der Waals surface area (Å²) in [6.07, 6.45) is 0. The number of aromatic nitrogens is 2. The first-order valence-electron chi connectivity index (χ1n) is 10.9. The second kappa shape index (κ2) is 9.82. The largest absolute Gasteiger partial charge is 0.497 e. The number of rotatable bonds is 7. The van der Waals surface area contributed by atoms with E-state index < -0.39 is 29.5 Å². The molecule has 2 heterocycles. The zero-order chi connectivity index (χ0) is 25.2. The first kappa shape index (κ1) is 23.6. The van der Waals surface area contributed by atoms with Crippen molar-refractivity contribution in [1.29, 1.82) is 0 Å².